The van der Waals surface area contributed by atoms with Gasteiger partial charge in [0.2, 0.25) is 0 Å². The van der Waals surface area contributed by atoms with E-state index in [9.17, 15) is 0 Å². The van der Waals surface area contributed by atoms with Crippen LogP contribution < -0.4 is 4.90 Å². The third-order valence-electron chi connectivity index (χ3n) is 5.79. The Hall–Kier alpha value is -1.06. The molecule has 3 nitrogen and oxygen atoms in total. The first-order chi connectivity index (χ1) is 11.1. The van der Waals surface area contributed by atoms with Gasteiger partial charge in [-0.05, 0) is 71.8 Å². The second kappa shape index (κ2) is 7.23. The standard InChI is InChI=1S/C20H33N3/c1-16(2)23-13-7-10-20(23)18-8-5-6-9-19(18)22-14-11-17(12-15-22)21(3)4/h5-6,8-9,16-17,20H,7,10-15H2,1-4H3. The molecule has 1 atom stereocenters. The molecule has 0 N–H and O–H groups in total. The first-order valence-electron chi connectivity index (χ1n) is 9.34. The number of likely N-dealkylation sites (tertiary alicyclic amines) is 1. The molecule has 2 saturated heterocycles. The Labute approximate surface area is 142 Å². The Morgan fingerprint density at radius 3 is 2.35 bits per heavy atom. The molecular formula is C20H33N3. The third-order valence-corrected chi connectivity index (χ3v) is 5.79. The summed E-state index contributed by atoms with van der Waals surface area (Å²) in [5, 5.41) is 0. The average Bonchev–Trinajstić information content (AvgIpc) is 3.05. The highest BCUT2D eigenvalue weighted by atomic mass is 15.2. The largest absolute Gasteiger partial charge is 0.371 e. The quantitative estimate of drug-likeness (QED) is 0.837. The molecule has 0 aliphatic carbocycles. The average molecular weight is 316 g/mol. The molecule has 3 rings (SSSR count). The van der Waals surface area contributed by atoms with E-state index in [2.05, 4.69) is 66.9 Å². The topological polar surface area (TPSA) is 9.72 Å². The fourth-order valence-corrected chi connectivity index (χ4v) is 4.42. The molecule has 0 radical (unpaired) electrons. The summed E-state index contributed by atoms with van der Waals surface area (Å²) < 4.78 is 0. The summed E-state index contributed by atoms with van der Waals surface area (Å²) in [5.74, 6) is 0. The first kappa shape index (κ1) is 16.8. The van der Waals surface area contributed by atoms with E-state index in [1.54, 1.807) is 5.56 Å². The van der Waals surface area contributed by atoms with Crippen LogP contribution >= 0.6 is 0 Å². The van der Waals surface area contributed by atoms with Crippen LogP contribution in [0.1, 0.15) is 51.1 Å². The number of hydrogen-bond donors (Lipinski definition) is 0. The molecule has 1 aromatic rings. The lowest BCUT2D eigenvalue weighted by molar-refractivity contribution is 0.205. The van der Waals surface area contributed by atoms with Crippen LogP contribution in [0.5, 0.6) is 0 Å². The Morgan fingerprint density at radius 1 is 1.00 bits per heavy atom. The molecule has 0 spiro atoms. The van der Waals surface area contributed by atoms with Gasteiger partial charge in [0, 0.05) is 36.9 Å². The van der Waals surface area contributed by atoms with Crippen LogP contribution in [0.3, 0.4) is 0 Å². The summed E-state index contributed by atoms with van der Waals surface area (Å²) in [4.78, 5) is 7.71. The van der Waals surface area contributed by atoms with Gasteiger partial charge in [-0.3, -0.25) is 4.90 Å². The van der Waals surface area contributed by atoms with Gasteiger partial charge in [-0.15, -0.1) is 0 Å². The SMILES string of the molecule is CC(C)N1CCCC1c1ccccc1N1CCC(N(C)C)CC1. The van der Waals surface area contributed by atoms with E-state index in [4.69, 9.17) is 0 Å². The van der Waals surface area contributed by atoms with Crippen molar-refractivity contribution >= 4 is 5.69 Å². The van der Waals surface area contributed by atoms with Crippen molar-refractivity contribution < 1.29 is 0 Å². The van der Waals surface area contributed by atoms with Crippen LogP contribution in [-0.4, -0.2) is 55.6 Å². The van der Waals surface area contributed by atoms with Crippen LogP contribution in [0.2, 0.25) is 0 Å². The maximum absolute atomic E-state index is 2.69. The summed E-state index contributed by atoms with van der Waals surface area (Å²) in [5.41, 5.74) is 3.05. The van der Waals surface area contributed by atoms with Crippen molar-refractivity contribution in [3.8, 4) is 0 Å². The van der Waals surface area contributed by atoms with Gasteiger partial charge in [-0.1, -0.05) is 18.2 Å². The van der Waals surface area contributed by atoms with Crippen molar-refractivity contribution in [2.45, 2.75) is 57.7 Å². The van der Waals surface area contributed by atoms with E-state index in [-0.39, 0.29) is 0 Å². The number of anilines is 1. The number of benzene rings is 1. The molecular weight excluding hydrogens is 282 g/mol. The molecule has 0 amide bonds. The number of piperidine rings is 1. The molecule has 1 aromatic carbocycles. The summed E-state index contributed by atoms with van der Waals surface area (Å²) >= 11 is 0. The zero-order chi connectivity index (χ0) is 16.4. The van der Waals surface area contributed by atoms with Crippen molar-refractivity contribution in [3.63, 3.8) is 0 Å². The lowest BCUT2D eigenvalue weighted by atomic mass is 9.98. The van der Waals surface area contributed by atoms with Crippen LogP contribution in [-0.2, 0) is 0 Å². The number of nitrogens with zero attached hydrogens (tertiary/aromatic N) is 3. The summed E-state index contributed by atoms with van der Waals surface area (Å²) in [6.45, 7) is 8.30. The second-order valence-electron chi connectivity index (χ2n) is 7.73. The summed E-state index contributed by atoms with van der Waals surface area (Å²) in [6.07, 6.45) is 5.20. The molecule has 2 fully saturated rings. The van der Waals surface area contributed by atoms with Gasteiger partial charge in [0.05, 0.1) is 0 Å². The van der Waals surface area contributed by atoms with Crippen LogP contribution in [0.15, 0.2) is 24.3 Å². The van der Waals surface area contributed by atoms with Gasteiger partial charge < -0.3 is 9.80 Å². The molecule has 128 valence electrons. The first-order valence-corrected chi connectivity index (χ1v) is 9.34. The van der Waals surface area contributed by atoms with E-state index in [1.165, 1.54) is 51.0 Å². The van der Waals surface area contributed by atoms with Crippen LogP contribution in [0.4, 0.5) is 5.69 Å². The highest BCUT2D eigenvalue weighted by molar-refractivity contribution is 5.55. The maximum atomic E-state index is 2.69. The van der Waals surface area contributed by atoms with Crippen molar-refractivity contribution in [2.75, 3.05) is 38.6 Å². The van der Waals surface area contributed by atoms with Gasteiger partial charge in [0.25, 0.3) is 0 Å². The van der Waals surface area contributed by atoms with Gasteiger partial charge >= 0.3 is 0 Å². The second-order valence-corrected chi connectivity index (χ2v) is 7.73. The summed E-state index contributed by atoms with van der Waals surface area (Å²) in [7, 11) is 4.43. The Morgan fingerprint density at radius 2 is 1.70 bits per heavy atom. The van der Waals surface area contributed by atoms with Gasteiger partial charge in [-0.25, -0.2) is 0 Å². The zero-order valence-electron chi connectivity index (χ0n) is 15.3. The van der Waals surface area contributed by atoms with Crippen molar-refractivity contribution in [3.05, 3.63) is 29.8 Å². The van der Waals surface area contributed by atoms with E-state index in [0.29, 0.717) is 12.1 Å². The van der Waals surface area contributed by atoms with Crippen LogP contribution in [0, 0.1) is 0 Å². The van der Waals surface area contributed by atoms with Gasteiger partial charge in [-0.2, -0.15) is 0 Å². The number of para-hydroxylation sites is 1. The molecule has 0 bridgehead atoms. The normalized spacial score (nSPS) is 24.1. The predicted molar refractivity (Wildman–Crippen MR) is 99.2 cm³/mol. The highest BCUT2D eigenvalue weighted by Gasteiger charge is 2.31. The summed E-state index contributed by atoms with van der Waals surface area (Å²) in [6, 6.07) is 11.2. The van der Waals surface area contributed by atoms with E-state index in [0.717, 1.165) is 6.04 Å². The minimum Gasteiger partial charge on any atom is -0.371 e. The van der Waals surface area contributed by atoms with E-state index in [1.807, 2.05) is 0 Å². The number of rotatable bonds is 4. The third kappa shape index (κ3) is 3.56. The van der Waals surface area contributed by atoms with Gasteiger partial charge in [0.1, 0.15) is 0 Å². The van der Waals surface area contributed by atoms with E-state index >= 15 is 0 Å². The molecule has 2 heterocycles. The zero-order valence-corrected chi connectivity index (χ0v) is 15.3. The molecule has 0 saturated carbocycles. The van der Waals surface area contributed by atoms with Crippen molar-refractivity contribution in [2.24, 2.45) is 0 Å². The fourth-order valence-electron chi connectivity index (χ4n) is 4.42. The molecule has 3 heteroatoms. The predicted octanol–water partition coefficient (Wildman–Crippen LogP) is 3.76. The van der Waals surface area contributed by atoms with Crippen LogP contribution in [0.25, 0.3) is 0 Å². The number of hydrogen-bond acceptors (Lipinski definition) is 3. The molecule has 2 aliphatic rings. The lowest BCUT2D eigenvalue weighted by Gasteiger charge is -2.39. The monoisotopic (exact) mass is 315 g/mol. The lowest BCUT2D eigenvalue weighted by Crippen LogP contribution is -2.42. The van der Waals surface area contributed by atoms with Crippen molar-refractivity contribution in [1.29, 1.82) is 0 Å². The smallest absolute Gasteiger partial charge is 0.0414 e. The molecule has 0 aromatic heterocycles. The fraction of sp³-hybridized carbons (Fsp3) is 0.700. The molecule has 23 heavy (non-hydrogen) atoms. The Bertz CT molecular complexity index is 503. The maximum Gasteiger partial charge on any atom is 0.0414 e. The molecule has 2 aliphatic heterocycles. The minimum atomic E-state index is 0.609. The van der Waals surface area contributed by atoms with Crippen molar-refractivity contribution in [1.82, 2.24) is 9.80 Å². The van der Waals surface area contributed by atoms with E-state index < -0.39 is 0 Å². The Balaban J connectivity index is 1.79. The van der Waals surface area contributed by atoms with Gasteiger partial charge in [0.15, 0.2) is 0 Å². The Kier molecular flexibility index (Phi) is 5.27. The molecule has 1 unspecified atom stereocenters. The highest BCUT2D eigenvalue weighted by Crippen LogP contribution is 2.39. The minimum absolute atomic E-state index is 0.609.